The van der Waals surface area contributed by atoms with Gasteiger partial charge in [0, 0.05) is 16.1 Å². The van der Waals surface area contributed by atoms with E-state index in [-0.39, 0.29) is 11.7 Å². The number of thiophene rings is 1. The molecule has 0 spiro atoms. The normalized spacial score (nSPS) is 10.6. The van der Waals surface area contributed by atoms with Crippen molar-refractivity contribution in [1.29, 1.82) is 0 Å². The minimum absolute atomic E-state index is 0.0414. The molecule has 2 aromatic rings. The average molecular weight is 311 g/mol. The smallest absolute Gasteiger partial charge is 0.268 e. The first-order valence-electron chi connectivity index (χ1n) is 6.12. The van der Waals surface area contributed by atoms with Crippen LogP contribution in [0.5, 0.6) is 0 Å². The number of rotatable bonds is 4. The lowest BCUT2D eigenvalue weighted by Crippen LogP contribution is -2.23. The van der Waals surface area contributed by atoms with E-state index in [2.05, 4.69) is 10.3 Å². The Hall–Kier alpha value is -1.59. The van der Waals surface area contributed by atoms with Gasteiger partial charge in [-0.05, 0) is 38.5 Å². The van der Waals surface area contributed by atoms with Gasteiger partial charge in [0.25, 0.3) is 5.91 Å². The van der Waals surface area contributed by atoms with Crippen LogP contribution in [0, 0.1) is 13.8 Å². The minimum Gasteiger partial charge on any atom is -0.354 e. The molecule has 6 heteroatoms. The Morgan fingerprint density at radius 3 is 2.55 bits per heavy atom. The number of Topliss-reactive ketones (excluding diaryl/α,β-unsaturated/α-hetero) is 1. The zero-order chi connectivity index (χ0) is 14.9. The number of ketones is 1. The predicted octanol–water partition coefficient (Wildman–Crippen LogP) is 3.48. The van der Waals surface area contributed by atoms with Gasteiger partial charge in [-0.25, -0.2) is 0 Å². The van der Waals surface area contributed by atoms with Gasteiger partial charge in [0.1, 0.15) is 5.69 Å². The van der Waals surface area contributed by atoms with Crippen molar-refractivity contribution in [2.45, 2.75) is 27.3 Å². The number of aryl methyl sites for hydroxylation is 1. The molecule has 1 amide bonds. The number of H-pyrrole nitrogens is 1. The number of halogens is 1. The summed E-state index contributed by atoms with van der Waals surface area (Å²) in [6.07, 6.45) is 0. The van der Waals surface area contributed by atoms with E-state index in [0.29, 0.717) is 27.7 Å². The highest BCUT2D eigenvalue weighted by Gasteiger charge is 2.19. The van der Waals surface area contributed by atoms with Crippen molar-refractivity contribution in [3.8, 4) is 0 Å². The Kier molecular flexibility index (Phi) is 4.30. The fourth-order valence-electron chi connectivity index (χ4n) is 2.21. The number of carbonyl (C=O) groups excluding carboxylic acids is 2. The third-order valence-corrected chi connectivity index (χ3v) is 4.30. The molecule has 0 atom stereocenters. The summed E-state index contributed by atoms with van der Waals surface area (Å²) >= 11 is 7.27. The predicted molar refractivity (Wildman–Crippen MR) is 80.8 cm³/mol. The van der Waals surface area contributed by atoms with E-state index in [1.54, 1.807) is 19.9 Å². The van der Waals surface area contributed by atoms with Crippen molar-refractivity contribution in [2.75, 3.05) is 0 Å². The summed E-state index contributed by atoms with van der Waals surface area (Å²) in [5.74, 6) is -0.261. The third-order valence-electron chi connectivity index (χ3n) is 3.07. The number of amides is 1. The Bertz CT molecular complexity index is 673. The van der Waals surface area contributed by atoms with Crippen molar-refractivity contribution in [2.24, 2.45) is 0 Å². The van der Waals surface area contributed by atoms with E-state index in [0.717, 1.165) is 10.6 Å². The van der Waals surface area contributed by atoms with E-state index in [4.69, 9.17) is 11.6 Å². The van der Waals surface area contributed by atoms with Gasteiger partial charge in [0.15, 0.2) is 5.78 Å². The van der Waals surface area contributed by atoms with Gasteiger partial charge >= 0.3 is 0 Å². The fraction of sp³-hybridized carbons (Fsp3) is 0.286. The maximum absolute atomic E-state index is 12.2. The number of nitrogens with one attached hydrogen (secondary N) is 2. The van der Waals surface area contributed by atoms with Gasteiger partial charge in [-0.1, -0.05) is 11.6 Å². The summed E-state index contributed by atoms with van der Waals surface area (Å²) in [4.78, 5) is 27.7. The molecule has 0 aliphatic heterocycles. The van der Waals surface area contributed by atoms with E-state index in [9.17, 15) is 9.59 Å². The molecule has 2 aromatic heterocycles. The van der Waals surface area contributed by atoms with Crippen LogP contribution < -0.4 is 5.32 Å². The van der Waals surface area contributed by atoms with Crippen molar-refractivity contribution < 1.29 is 9.59 Å². The molecule has 4 nitrogen and oxygen atoms in total. The maximum Gasteiger partial charge on any atom is 0.268 e. The summed E-state index contributed by atoms with van der Waals surface area (Å²) in [7, 11) is 0. The Labute approximate surface area is 126 Å². The van der Waals surface area contributed by atoms with Crippen LogP contribution in [0.4, 0.5) is 0 Å². The second-order valence-electron chi connectivity index (χ2n) is 4.57. The van der Waals surface area contributed by atoms with Crippen molar-refractivity contribution in [3.63, 3.8) is 0 Å². The van der Waals surface area contributed by atoms with Crippen LogP contribution in [0.25, 0.3) is 0 Å². The average Bonchev–Trinajstić information content (AvgIpc) is 2.90. The van der Waals surface area contributed by atoms with E-state index < -0.39 is 0 Å². The summed E-state index contributed by atoms with van der Waals surface area (Å²) in [5, 5.41) is 2.82. The van der Waals surface area contributed by atoms with Gasteiger partial charge in [-0.15, -0.1) is 11.3 Å². The third kappa shape index (κ3) is 2.94. The van der Waals surface area contributed by atoms with Gasteiger partial charge in [-0.2, -0.15) is 0 Å². The fourth-order valence-corrected chi connectivity index (χ4v) is 3.23. The SMILES string of the molecule is CC(=O)c1c(C)[nH]c(C(=O)NCc2ccc(Cl)s2)c1C. The molecular formula is C14H15ClN2O2S. The molecule has 0 aromatic carbocycles. The molecule has 0 unspecified atom stereocenters. The van der Waals surface area contributed by atoms with Crippen LogP contribution in [-0.2, 0) is 6.54 Å². The highest BCUT2D eigenvalue weighted by atomic mass is 35.5. The Morgan fingerprint density at radius 2 is 2.05 bits per heavy atom. The van der Waals surface area contributed by atoms with Crippen LogP contribution >= 0.6 is 22.9 Å². The number of aromatic nitrogens is 1. The molecule has 2 rings (SSSR count). The van der Waals surface area contributed by atoms with Crippen LogP contribution in [0.1, 0.15) is 43.9 Å². The number of aromatic amines is 1. The summed E-state index contributed by atoms with van der Waals surface area (Å²) < 4.78 is 0.694. The van der Waals surface area contributed by atoms with Crippen LogP contribution in [0.3, 0.4) is 0 Å². The summed E-state index contributed by atoms with van der Waals surface area (Å²) in [6.45, 7) is 5.48. The van der Waals surface area contributed by atoms with Crippen molar-refractivity contribution >= 4 is 34.6 Å². The van der Waals surface area contributed by atoms with E-state index in [1.165, 1.54) is 18.3 Å². The topological polar surface area (TPSA) is 62.0 Å². The monoisotopic (exact) mass is 310 g/mol. The first-order chi connectivity index (χ1) is 9.40. The molecule has 0 aliphatic rings. The molecule has 106 valence electrons. The quantitative estimate of drug-likeness (QED) is 0.849. The standard InChI is InChI=1S/C14H15ClN2O2S/c1-7-12(9(3)18)8(2)17-13(7)14(19)16-6-10-4-5-11(15)20-10/h4-5,17H,6H2,1-3H3,(H,16,19). The summed E-state index contributed by atoms with van der Waals surface area (Å²) in [5.41, 5.74) is 2.45. The molecule has 0 bridgehead atoms. The second kappa shape index (κ2) is 5.81. The highest BCUT2D eigenvalue weighted by Crippen LogP contribution is 2.22. The maximum atomic E-state index is 12.2. The molecule has 0 radical (unpaired) electrons. The number of carbonyl (C=O) groups is 2. The molecule has 0 saturated carbocycles. The second-order valence-corrected chi connectivity index (χ2v) is 6.37. The van der Waals surface area contributed by atoms with E-state index >= 15 is 0 Å². The first-order valence-corrected chi connectivity index (χ1v) is 7.32. The van der Waals surface area contributed by atoms with Crippen LogP contribution in [0.15, 0.2) is 12.1 Å². The lowest BCUT2D eigenvalue weighted by Gasteiger charge is -2.03. The summed E-state index contributed by atoms with van der Waals surface area (Å²) in [6, 6.07) is 3.67. The van der Waals surface area contributed by atoms with Gasteiger partial charge in [-0.3, -0.25) is 9.59 Å². The molecule has 0 fully saturated rings. The van der Waals surface area contributed by atoms with Gasteiger partial charge < -0.3 is 10.3 Å². The zero-order valence-electron chi connectivity index (χ0n) is 11.5. The van der Waals surface area contributed by atoms with Crippen LogP contribution in [0.2, 0.25) is 4.34 Å². The zero-order valence-corrected chi connectivity index (χ0v) is 13.0. The van der Waals surface area contributed by atoms with Crippen molar-refractivity contribution in [1.82, 2.24) is 10.3 Å². The first kappa shape index (κ1) is 14.8. The molecule has 2 heterocycles. The molecule has 0 aliphatic carbocycles. The van der Waals surface area contributed by atoms with Gasteiger partial charge in [0.05, 0.1) is 10.9 Å². The molecular weight excluding hydrogens is 296 g/mol. The Morgan fingerprint density at radius 1 is 1.35 bits per heavy atom. The lowest BCUT2D eigenvalue weighted by atomic mass is 10.1. The molecule has 20 heavy (non-hydrogen) atoms. The minimum atomic E-state index is -0.220. The highest BCUT2D eigenvalue weighted by molar-refractivity contribution is 7.16. The molecule has 0 saturated heterocycles. The number of hydrogen-bond donors (Lipinski definition) is 2. The van der Waals surface area contributed by atoms with Gasteiger partial charge in [0.2, 0.25) is 0 Å². The largest absolute Gasteiger partial charge is 0.354 e. The molecule has 2 N–H and O–H groups in total. The Balaban J connectivity index is 2.14. The number of hydrogen-bond acceptors (Lipinski definition) is 3. The van der Waals surface area contributed by atoms with E-state index in [1.807, 2.05) is 6.07 Å². The van der Waals surface area contributed by atoms with Crippen molar-refractivity contribution in [3.05, 3.63) is 43.9 Å². The lowest BCUT2D eigenvalue weighted by molar-refractivity contribution is 0.0946. The van der Waals surface area contributed by atoms with Crippen LogP contribution in [-0.4, -0.2) is 16.7 Å².